The maximum absolute atomic E-state index is 13.1. The number of aryl methyl sites for hydroxylation is 1. The average Bonchev–Trinajstić information content (AvgIpc) is 2.73. The first-order valence-electron chi connectivity index (χ1n) is 12.0. The van der Waals surface area contributed by atoms with Crippen LogP contribution >= 0.6 is 0 Å². The van der Waals surface area contributed by atoms with E-state index in [1.165, 1.54) is 7.11 Å². The fourth-order valence-corrected chi connectivity index (χ4v) is 4.97. The fraction of sp³-hybridized carbons (Fsp3) is 0.654. The second kappa shape index (κ2) is 15.0. The largest absolute Gasteiger partial charge is 0.507 e. The predicted molar refractivity (Wildman–Crippen MR) is 141 cm³/mol. The maximum atomic E-state index is 13.1. The molecule has 10 heteroatoms. The topological polar surface area (TPSA) is 205 Å². The first-order chi connectivity index (χ1) is 16.4. The van der Waals surface area contributed by atoms with Crippen molar-refractivity contribution >= 4 is 17.5 Å². The number of nitrogens with two attached hydrogens (primary N) is 2. The second-order valence-corrected chi connectivity index (χ2v) is 10.2. The highest BCUT2D eigenvalue weighted by Gasteiger charge is 2.36. The lowest BCUT2D eigenvalue weighted by atomic mass is 9.71. The van der Waals surface area contributed by atoms with Crippen LogP contribution in [-0.4, -0.2) is 58.6 Å². The summed E-state index contributed by atoms with van der Waals surface area (Å²) in [6.07, 6.45) is 1.80. The summed E-state index contributed by atoms with van der Waals surface area (Å²) in [6.45, 7) is 7.42. The van der Waals surface area contributed by atoms with E-state index in [2.05, 4.69) is 10.7 Å². The maximum Gasteiger partial charge on any atom is 0.224 e. The Morgan fingerprint density at radius 1 is 1.25 bits per heavy atom. The molecular weight excluding hydrogens is 468 g/mol. The summed E-state index contributed by atoms with van der Waals surface area (Å²) in [7, 11) is 1.40. The first-order valence-corrected chi connectivity index (χ1v) is 12.0. The molecule has 1 aliphatic rings. The molecule has 0 aliphatic heterocycles. The predicted octanol–water partition coefficient (Wildman–Crippen LogP) is 1.61. The number of aliphatic hydroxyl groups is 2. The molecule has 0 spiro atoms. The van der Waals surface area contributed by atoms with Crippen LogP contribution in [0.2, 0.25) is 0 Å². The second-order valence-electron chi connectivity index (χ2n) is 10.2. The zero-order valence-electron chi connectivity index (χ0n) is 22.1. The van der Waals surface area contributed by atoms with Gasteiger partial charge in [-0.25, -0.2) is 5.90 Å². The standard InChI is InChI=1S/C25H37NO6.CH5NO.H2O.2H2/c1-5-15-11-19(25(2,3)4)24(32)23-17(15)9-14(10-21(23)30)8-16(6-7-27)18(13-28)20(29)12-22(26)31;1-3-2;;;/h11,14,16,18,27-28,32H,5-10,12-13H2,1-4H3,(H2,26,31);2H2,1H3;1H2;2*1H. The Kier molecular flexibility index (Phi) is 14.0. The highest BCUT2D eigenvalue weighted by atomic mass is 16.6. The van der Waals surface area contributed by atoms with E-state index in [1.54, 1.807) is 0 Å². The molecule has 0 saturated heterocycles. The molecule has 0 saturated carbocycles. The van der Waals surface area contributed by atoms with E-state index in [0.29, 0.717) is 18.4 Å². The number of carbonyl (C=O) groups is 3. The Labute approximate surface area is 216 Å². The number of ketones is 2. The number of aromatic hydroxyl groups is 1. The van der Waals surface area contributed by atoms with Gasteiger partial charge in [0.05, 0.1) is 25.7 Å². The Morgan fingerprint density at radius 3 is 2.28 bits per heavy atom. The molecule has 0 fully saturated rings. The van der Waals surface area contributed by atoms with Gasteiger partial charge in [-0.3, -0.25) is 14.4 Å². The molecule has 36 heavy (non-hydrogen) atoms. The number of rotatable bonds is 10. The van der Waals surface area contributed by atoms with E-state index in [1.807, 2.05) is 33.8 Å². The number of carbonyl (C=O) groups excluding carboxylic acids is 3. The number of amides is 1. The SMILES string of the molecule is CCc1cc(C(C)(C)C)c(O)c2c1CC(CC(CCO)C(CO)C(=O)CC(N)=O)CC2=O.CON.O.[HH].[HH]. The Bertz CT molecular complexity index is 906. The van der Waals surface area contributed by atoms with Crippen molar-refractivity contribution in [2.75, 3.05) is 20.3 Å². The van der Waals surface area contributed by atoms with Gasteiger partial charge >= 0.3 is 0 Å². The van der Waals surface area contributed by atoms with Crippen LogP contribution < -0.4 is 11.6 Å². The van der Waals surface area contributed by atoms with Gasteiger partial charge in [0.25, 0.3) is 0 Å². The third-order valence-corrected chi connectivity index (χ3v) is 6.60. The van der Waals surface area contributed by atoms with Crippen LogP contribution in [0.5, 0.6) is 5.75 Å². The monoisotopic (exact) mass is 516 g/mol. The fourth-order valence-electron chi connectivity index (χ4n) is 4.97. The average molecular weight is 517 g/mol. The number of hydrogen-bond donors (Lipinski definition) is 5. The van der Waals surface area contributed by atoms with Crippen LogP contribution in [0.4, 0.5) is 0 Å². The Hall–Kier alpha value is -2.37. The number of fused-ring (bicyclic) bond motifs is 1. The van der Waals surface area contributed by atoms with Crippen LogP contribution in [0, 0.1) is 17.8 Å². The van der Waals surface area contributed by atoms with Crippen molar-refractivity contribution in [3.8, 4) is 5.75 Å². The minimum Gasteiger partial charge on any atom is -0.507 e. The summed E-state index contributed by atoms with van der Waals surface area (Å²) in [4.78, 5) is 40.5. The quantitative estimate of drug-likeness (QED) is 0.227. The molecule has 210 valence electrons. The van der Waals surface area contributed by atoms with Crippen LogP contribution in [0.25, 0.3) is 0 Å². The molecule has 10 nitrogen and oxygen atoms in total. The number of primary amides is 1. The van der Waals surface area contributed by atoms with Gasteiger partial charge in [0, 0.05) is 27.4 Å². The molecule has 0 heterocycles. The van der Waals surface area contributed by atoms with Crippen LogP contribution in [0.3, 0.4) is 0 Å². The number of hydrogen-bond acceptors (Lipinski definition) is 8. The van der Waals surface area contributed by atoms with Crippen molar-refractivity contribution in [1.82, 2.24) is 0 Å². The van der Waals surface area contributed by atoms with E-state index in [-0.39, 0.29) is 56.6 Å². The molecule has 2 rings (SSSR count). The van der Waals surface area contributed by atoms with E-state index >= 15 is 0 Å². The summed E-state index contributed by atoms with van der Waals surface area (Å²) in [5.41, 5.74) is 7.89. The van der Waals surface area contributed by atoms with Gasteiger partial charge in [0.1, 0.15) is 11.5 Å². The lowest BCUT2D eigenvalue weighted by Gasteiger charge is -2.33. The molecule has 1 aromatic carbocycles. The van der Waals surface area contributed by atoms with E-state index in [4.69, 9.17) is 5.73 Å². The van der Waals surface area contributed by atoms with Gasteiger partial charge in [-0.1, -0.05) is 33.8 Å². The smallest absolute Gasteiger partial charge is 0.224 e. The van der Waals surface area contributed by atoms with Gasteiger partial charge < -0.3 is 31.4 Å². The lowest BCUT2D eigenvalue weighted by Crippen LogP contribution is -2.34. The number of phenolic OH excluding ortho intramolecular Hbond substituents is 1. The summed E-state index contributed by atoms with van der Waals surface area (Å²) in [5, 5.41) is 30.3. The van der Waals surface area contributed by atoms with Crippen LogP contribution in [0.15, 0.2) is 6.07 Å². The van der Waals surface area contributed by atoms with Crippen molar-refractivity contribution in [1.29, 1.82) is 0 Å². The minimum absolute atomic E-state index is 0. The Morgan fingerprint density at radius 2 is 1.83 bits per heavy atom. The third-order valence-electron chi connectivity index (χ3n) is 6.60. The van der Waals surface area contributed by atoms with Crippen molar-refractivity contribution in [3.05, 3.63) is 28.3 Å². The minimum atomic E-state index is -0.812. The highest BCUT2D eigenvalue weighted by molar-refractivity contribution is 6.02. The molecule has 0 bridgehead atoms. The van der Waals surface area contributed by atoms with Crippen molar-refractivity contribution in [3.63, 3.8) is 0 Å². The highest BCUT2D eigenvalue weighted by Crippen LogP contribution is 2.43. The summed E-state index contributed by atoms with van der Waals surface area (Å²) >= 11 is 0. The van der Waals surface area contributed by atoms with Gasteiger partial charge in [-0.05, 0) is 54.1 Å². The summed E-state index contributed by atoms with van der Waals surface area (Å²) in [5.74, 6) is 1.81. The summed E-state index contributed by atoms with van der Waals surface area (Å²) in [6, 6.07) is 1.99. The number of benzene rings is 1. The molecule has 1 amide bonds. The van der Waals surface area contributed by atoms with E-state index in [0.717, 1.165) is 23.1 Å². The molecule has 1 aliphatic carbocycles. The van der Waals surface area contributed by atoms with E-state index < -0.39 is 30.6 Å². The molecule has 0 radical (unpaired) electrons. The summed E-state index contributed by atoms with van der Waals surface area (Å²) < 4.78 is 0. The van der Waals surface area contributed by atoms with Gasteiger partial charge in [0.2, 0.25) is 5.91 Å². The normalized spacial score (nSPS) is 16.7. The lowest BCUT2D eigenvalue weighted by molar-refractivity contribution is -0.131. The Balaban J connectivity index is -0.00000194. The van der Waals surface area contributed by atoms with Gasteiger partial charge in [0.15, 0.2) is 5.78 Å². The van der Waals surface area contributed by atoms with Crippen molar-refractivity contribution < 1.29 is 42.9 Å². The third kappa shape index (κ3) is 8.63. The van der Waals surface area contributed by atoms with Crippen LogP contribution in [-0.2, 0) is 32.7 Å². The number of phenols is 1. The number of Topliss-reactive ketones (excluding diaryl/α,β-unsaturated/α-hetero) is 2. The van der Waals surface area contributed by atoms with Crippen LogP contribution in [0.1, 0.15) is 83.3 Å². The zero-order valence-corrected chi connectivity index (χ0v) is 22.1. The first kappa shape index (κ1) is 33.6. The van der Waals surface area contributed by atoms with Crippen molar-refractivity contribution in [2.45, 2.75) is 71.6 Å². The van der Waals surface area contributed by atoms with E-state index in [9.17, 15) is 29.7 Å². The zero-order chi connectivity index (χ0) is 26.9. The van der Waals surface area contributed by atoms with Gasteiger partial charge in [-0.2, -0.15) is 0 Å². The van der Waals surface area contributed by atoms with Crippen molar-refractivity contribution in [2.24, 2.45) is 29.4 Å². The molecular formula is C26H48N2O8. The molecule has 1 aromatic rings. The molecule has 9 N–H and O–H groups in total. The molecule has 0 aromatic heterocycles. The number of aliphatic hydroxyl groups excluding tert-OH is 2. The molecule has 3 atom stereocenters. The van der Waals surface area contributed by atoms with Gasteiger partial charge in [-0.15, -0.1) is 0 Å². The molecule has 3 unspecified atom stereocenters.